The molecule has 1 amide bonds. The molecule has 1 N–H and O–H groups in total. The van der Waals surface area contributed by atoms with Gasteiger partial charge in [0, 0.05) is 15.1 Å². The van der Waals surface area contributed by atoms with Gasteiger partial charge in [0.25, 0.3) is 5.91 Å². The van der Waals surface area contributed by atoms with Crippen molar-refractivity contribution in [3.05, 3.63) is 86.6 Å². The maximum absolute atomic E-state index is 12.6. The first-order valence-corrected chi connectivity index (χ1v) is 13.9. The van der Waals surface area contributed by atoms with Gasteiger partial charge in [-0.3, -0.25) is 9.36 Å². The number of nitrogens with one attached hydrogen (secondary N) is 1. The first-order chi connectivity index (χ1) is 18.9. The smallest absolute Gasteiger partial charge is 0.250 e. The first-order valence-electron chi connectivity index (χ1n) is 11.4. The Bertz CT molecular complexity index is 1690. The third-order valence-electron chi connectivity index (χ3n) is 5.48. The molecule has 10 nitrogen and oxygen atoms in total. The van der Waals surface area contributed by atoms with Gasteiger partial charge in [0.2, 0.25) is 0 Å². The zero-order valence-electron chi connectivity index (χ0n) is 20.3. The number of thioether (sulfide) groups is 1. The number of para-hydroxylation sites is 1. The topological polar surface area (TPSA) is 112 Å². The van der Waals surface area contributed by atoms with E-state index in [1.807, 2.05) is 36.4 Å². The van der Waals surface area contributed by atoms with E-state index in [4.69, 9.17) is 27.9 Å². The van der Waals surface area contributed by atoms with Crippen molar-refractivity contribution < 1.29 is 9.53 Å². The van der Waals surface area contributed by atoms with E-state index in [0.717, 1.165) is 15.5 Å². The molecule has 14 heteroatoms. The summed E-state index contributed by atoms with van der Waals surface area (Å²) in [5.74, 6) is 0.886. The van der Waals surface area contributed by atoms with Crippen LogP contribution in [-0.2, 0) is 11.3 Å². The van der Waals surface area contributed by atoms with Gasteiger partial charge in [0.15, 0.2) is 11.0 Å². The molecule has 39 heavy (non-hydrogen) atoms. The van der Waals surface area contributed by atoms with E-state index in [1.54, 1.807) is 40.6 Å². The average molecular weight is 646 g/mol. The summed E-state index contributed by atoms with van der Waals surface area (Å²) in [5.41, 5.74) is 5.47. The van der Waals surface area contributed by atoms with E-state index >= 15 is 0 Å². The van der Waals surface area contributed by atoms with Crippen LogP contribution in [-0.4, -0.2) is 54.7 Å². The minimum atomic E-state index is -0.328. The maximum atomic E-state index is 12.6. The summed E-state index contributed by atoms with van der Waals surface area (Å²) >= 11 is 17.3. The summed E-state index contributed by atoms with van der Waals surface area (Å²) in [6.45, 7) is 0.276. The predicted molar refractivity (Wildman–Crippen MR) is 155 cm³/mol. The number of hydrazone groups is 1. The molecule has 0 saturated heterocycles. The fourth-order valence-electron chi connectivity index (χ4n) is 3.71. The van der Waals surface area contributed by atoms with Crippen molar-refractivity contribution in [3.8, 4) is 11.4 Å². The molecule has 0 bridgehead atoms. The Balaban J connectivity index is 1.36. The number of hydrogen-bond acceptors (Lipinski definition) is 8. The van der Waals surface area contributed by atoms with Gasteiger partial charge < -0.3 is 4.74 Å². The number of benzene rings is 3. The highest BCUT2D eigenvalue weighted by molar-refractivity contribution is 9.10. The SMILES string of the molecule is COc1ccc(Br)cc1/C=N/NC(=O)CSc1nnc(Cn2nnc3ccccc32)n1-c1ccc(Cl)cc1Cl. The highest BCUT2D eigenvalue weighted by Crippen LogP contribution is 2.30. The Kier molecular flexibility index (Phi) is 8.46. The van der Waals surface area contributed by atoms with Crippen LogP contribution < -0.4 is 10.2 Å². The summed E-state index contributed by atoms with van der Waals surface area (Å²) < 4.78 is 9.69. The summed E-state index contributed by atoms with van der Waals surface area (Å²) in [4.78, 5) is 12.6. The number of halogens is 3. The molecule has 198 valence electrons. The molecule has 0 atom stereocenters. The lowest BCUT2D eigenvalue weighted by molar-refractivity contribution is -0.118. The highest BCUT2D eigenvalue weighted by Gasteiger charge is 2.19. The number of fused-ring (bicyclic) bond motifs is 1. The average Bonchev–Trinajstić information content (AvgIpc) is 3.52. The van der Waals surface area contributed by atoms with E-state index in [0.29, 0.717) is 38.0 Å². The van der Waals surface area contributed by atoms with Crippen LogP contribution in [0.15, 0.2) is 75.4 Å². The second-order valence-electron chi connectivity index (χ2n) is 8.03. The molecule has 0 aliphatic heterocycles. The van der Waals surface area contributed by atoms with Gasteiger partial charge in [-0.1, -0.05) is 68.2 Å². The molecule has 2 heterocycles. The van der Waals surface area contributed by atoms with Crippen molar-refractivity contribution in [2.24, 2.45) is 5.10 Å². The van der Waals surface area contributed by atoms with E-state index < -0.39 is 0 Å². The number of aromatic nitrogens is 6. The lowest BCUT2D eigenvalue weighted by atomic mass is 10.2. The minimum absolute atomic E-state index is 0.0303. The molecule has 0 aliphatic rings. The number of nitrogens with zero attached hydrogens (tertiary/aromatic N) is 7. The Hall–Kier alpha value is -3.45. The fraction of sp³-hybridized carbons (Fsp3) is 0.120. The molecule has 0 unspecified atom stereocenters. The summed E-state index contributed by atoms with van der Waals surface area (Å²) in [6, 6.07) is 18.3. The molecule has 0 aliphatic carbocycles. The number of carbonyl (C=O) groups excluding carboxylic acids is 1. The van der Waals surface area contributed by atoms with Crippen LogP contribution in [0.1, 0.15) is 11.4 Å². The molecule has 2 aromatic heterocycles. The van der Waals surface area contributed by atoms with Crippen molar-refractivity contribution in [2.75, 3.05) is 12.9 Å². The number of carbonyl (C=O) groups is 1. The third-order valence-corrected chi connectivity index (χ3v) is 7.44. The largest absolute Gasteiger partial charge is 0.496 e. The van der Waals surface area contributed by atoms with Crippen LogP contribution in [0.2, 0.25) is 10.0 Å². The number of rotatable bonds is 9. The van der Waals surface area contributed by atoms with Crippen molar-refractivity contribution in [2.45, 2.75) is 11.7 Å². The zero-order chi connectivity index (χ0) is 27.4. The van der Waals surface area contributed by atoms with E-state index in [1.165, 1.54) is 18.0 Å². The Morgan fingerprint density at radius 3 is 2.79 bits per heavy atom. The number of hydrogen-bond donors (Lipinski definition) is 1. The van der Waals surface area contributed by atoms with Crippen LogP contribution in [0.25, 0.3) is 16.7 Å². The van der Waals surface area contributed by atoms with Gasteiger partial charge in [-0.05, 0) is 48.5 Å². The predicted octanol–water partition coefficient (Wildman–Crippen LogP) is 5.38. The lowest BCUT2D eigenvalue weighted by Gasteiger charge is -2.12. The van der Waals surface area contributed by atoms with E-state index in [9.17, 15) is 4.79 Å². The second kappa shape index (κ2) is 12.2. The van der Waals surface area contributed by atoms with Crippen molar-refractivity contribution >= 4 is 74.0 Å². The molecule has 0 fully saturated rings. The number of methoxy groups -OCH3 is 1. The second-order valence-corrected chi connectivity index (χ2v) is 10.7. The van der Waals surface area contributed by atoms with Gasteiger partial charge >= 0.3 is 0 Å². The first kappa shape index (κ1) is 27.1. The van der Waals surface area contributed by atoms with Crippen LogP contribution in [0.5, 0.6) is 5.75 Å². The number of ether oxygens (including phenoxy) is 1. The molecule has 5 rings (SSSR count). The van der Waals surface area contributed by atoms with Crippen molar-refractivity contribution in [1.82, 2.24) is 35.2 Å². The molecule has 3 aromatic carbocycles. The van der Waals surface area contributed by atoms with E-state index in [-0.39, 0.29) is 18.2 Å². The maximum Gasteiger partial charge on any atom is 0.250 e. The normalized spacial score (nSPS) is 11.4. The fourth-order valence-corrected chi connectivity index (χ4v) is 5.34. The Labute approximate surface area is 245 Å². The van der Waals surface area contributed by atoms with E-state index in [2.05, 4.69) is 47.0 Å². The summed E-state index contributed by atoms with van der Waals surface area (Å²) in [7, 11) is 1.57. The molecule has 0 saturated carbocycles. The minimum Gasteiger partial charge on any atom is -0.496 e. The quantitative estimate of drug-likeness (QED) is 0.130. The van der Waals surface area contributed by atoms with Crippen molar-refractivity contribution in [1.29, 1.82) is 0 Å². The molecule has 0 spiro atoms. The zero-order valence-corrected chi connectivity index (χ0v) is 24.2. The van der Waals surface area contributed by atoms with Crippen LogP contribution in [0, 0.1) is 0 Å². The van der Waals surface area contributed by atoms with Crippen molar-refractivity contribution in [3.63, 3.8) is 0 Å². The third kappa shape index (κ3) is 6.25. The van der Waals surface area contributed by atoms with Gasteiger partial charge in [-0.2, -0.15) is 5.10 Å². The lowest BCUT2D eigenvalue weighted by Crippen LogP contribution is -2.20. The van der Waals surface area contributed by atoms with Crippen LogP contribution in [0.3, 0.4) is 0 Å². The number of amides is 1. The monoisotopic (exact) mass is 644 g/mol. The molecule has 0 radical (unpaired) electrons. The standard InChI is InChI=1S/C25H19BrCl2N8O2S/c1-38-22-9-6-16(26)10-15(22)12-29-32-24(37)14-39-25-33-31-23(36(25)20-8-7-17(27)11-18(20)28)13-35-21-5-3-2-4-19(21)30-34-35/h2-12H,13-14H2,1H3,(H,32,37)/b29-12+. The highest BCUT2D eigenvalue weighted by atomic mass is 79.9. The van der Waals surface area contributed by atoms with Gasteiger partial charge in [-0.15, -0.1) is 15.3 Å². The van der Waals surface area contributed by atoms with Gasteiger partial charge in [0.1, 0.15) is 17.8 Å². The molecular formula is C25H19BrCl2N8O2S. The van der Waals surface area contributed by atoms with Gasteiger partial charge in [0.05, 0.1) is 35.3 Å². The Morgan fingerprint density at radius 2 is 1.97 bits per heavy atom. The van der Waals surface area contributed by atoms with Gasteiger partial charge in [-0.25, -0.2) is 10.1 Å². The summed E-state index contributed by atoms with van der Waals surface area (Å²) in [5, 5.41) is 22.6. The van der Waals surface area contributed by atoms with Crippen LogP contribution >= 0.6 is 50.9 Å². The van der Waals surface area contributed by atoms with Crippen LogP contribution in [0.4, 0.5) is 0 Å². The molecular weight excluding hydrogens is 627 g/mol. The Morgan fingerprint density at radius 1 is 1.13 bits per heavy atom. The summed E-state index contributed by atoms with van der Waals surface area (Å²) in [6.07, 6.45) is 1.52. The molecule has 5 aromatic rings.